The van der Waals surface area contributed by atoms with Crippen LogP contribution in [0.1, 0.15) is 24.0 Å². The summed E-state index contributed by atoms with van der Waals surface area (Å²) in [6.45, 7) is 3.72. The van der Waals surface area contributed by atoms with Gasteiger partial charge in [-0.25, -0.2) is 0 Å². The third-order valence-corrected chi connectivity index (χ3v) is 3.54. The van der Waals surface area contributed by atoms with Crippen molar-refractivity contribution in [3.05, 3.63) is 29.3 Å². The number of ether oxygens (including phenoxy) is 1. The molecule has 3 N–H and O–H groups in total. The maximum absolute atomic E-state index is 8.72. The zero-order chi connectivity index (χ0) is 13.8. The number of nitrogens with two attached hydrogens (primary N) is 1. The van der Waals surface area contributed by atoms with Crippen LogP contribution in [0.15, 0.2) is 23.4 Å². The molecule has 1 unspecified atom stereocenters. The molecular formula is C14H21N3O2. The van der Waals surface area contributed by atoms with Gasteiger partial charge in [0.05, 0.1) is 6.10 Å². The number of oxime groups is 1. The van der Waals surface area contributed by atoms with E-state index in [1.165, 1.54) is 0 Å². The maximum Gasteiger partial charge on any atom is 0.170 e. The maximum atomic E-state index is 8.72. The summed E-state index contributed by atoms with van der Waals surface area (Å²) in [7, 11) is 2.06. The number of hydrogen-bond acceptors (Lipinski definition) is 4. The van der Waals surface area contributed by atoms with Crippen LogP contribution in [0.5, 0.6) is 0 Å². The third kappa shape index (κ3) is 3.17. The van der Waals surface area contributed by atoms with Crippen molar-refractivity contribution in [3.63, 3.8) is 0 Å². The van der Waals surface area contributed by atoms with Crippen LogP contribution >= 0.6 is 0 Å². The fraction of sp³-hybridized carbons (Fsp3) is 0.500. The van der Waals surface area contributed by atoms with Gasteiger partial charge in [-0.15, -0.1) is 0 Å². The van der Waals surface area contributed by atoms with Gasteiger partial charge in [0.1, 0.15) is 0 Å². The minimum Gasteiger partial charge on any atom is -0.409 e. The quantitative estimate of drug-likeness (QED) is 0.375. The highest BCUT2D eigenvalue weighted by molar-refractivity contribution is 5.98. The van der Waals surface area contributed by atoms with Crippen molar-refractivity contribution in [1.82, 2.24) is 0 Å². The Bertz CT molecular complexity index is 468. The van der Waals surface area contributed by atoms with E-state index in [1.54, 1.807) is 0 Å². The molecule has 0 spiro atoms. The molecule has 0 amide bonds. The summed E-state index contributed by atoms with van der Waals surface area (Å²) in [6.07, 6.45) is 2.61. The number of rotatable bonds is 4. The summed E-state index contributed by atoms with van der Waals surface area (Å²) in [5.74, 6) is 0.144. The molecule has 1 fully saturated rings. The number of aryl methyl sites for hydroxylation is 1. The van der Waals surface area contributed by atoms with Gasteiger partial charge in [-0.3, -0.25) is 0 Å². The van der Waals surface area contributed by atoms with Crippen molar-refractivity contribution in [2.24, 2.45) is 10.9 Å². The first kappa shape index (κ1) is 13.7. The Balaban J connectivity index is 2.10. The van der Waals surface area contributed by atoms with Gasteiger partial charge in [0, 0.05) is 31.5 Å². The lowest BCUT2D eigenvalue weighted by Gasteiger charge is -2.23. The molecule has 2 rings (SSSR count). The van der Waals surface area contributed by atoms with Gasteiger partial charge in [-0.2, -0.15) is 0 Å². The van der Waals surface area contributed by atoms with Crippen LogP contribution in [0.3, 0.4) is 0 Å². The molecular weight excluding hydrogens is 242 g/mol. The van der Waals surface area contributed by atoms with Crippen molar-refractivity contribution in [1.29, 1.82) is 0 Å². The largest absolute Gasteiger partial charge is 0.409 e. The van der Waals surface area contributed by atoms with E-state index in [2.05, 4.69) is 17.1 Å². The monoisotopic (exact) mass is 263 g/mol. The Morgan fingerprint density at radius 1 is 1.58 bits per heavy atom. The number of nitrogens with zero attached hydrogens (tertiary/aromatic N) is 2. The van der Waals surface area contributed by atoms with E-state index < -0.39 is 0 Å². The fourth-order valence-corrected chi connectivity index (χ4v) is 2.43. The van der Waals surface area contributed by atoms with E-state index in [4.69, 9.17) is 15.7 Å². The Morgan fingerprint density at radius 3 is 2.95 bits per heavy atom. The minimum atomic E-state index is 0.144. The molecule has 1 aromatic carbocycles. The van der Waals surface area contributed by atoms with E-state index in [9.17, 15) is 0 Å². The number of amidine groups is 1. The van der Waals surface area contributed by atoms with E-state index in [0.717, 1.165) is 42.8 Å². The van der Waals surface area contributed by atoms with Crippen LogP contribution < -0.4 is 10.6 Å². The lowest BCUT2D eigenvalue weighted by molar-refractivity contribution is 0.116. The van der Waals surface area contributed by atoms with Crippen molar-refractivity contribution >= 4 is 11.5 Å². The molecule has 104 valence electrons. The summed E-state index contributed by atoms with van der Waals surface area (Å²) in [6, 6.07) is 5.91. The molecule has 1 saturated heterocycles. The van der Waals surface area contributed by atoms with Crippen LogP contribution in [-0.2, 0) is 4.74 Å². The van der Waals surface area contributed by atoms with Crippen molar-refractivity contribution < 1.29 is 9.94 Å². The predicted octanol–water partition coefficient (Wildman–Crippen LogP) is 1.70. The lowest BCUT2D eigenvalue weighted by atomic mass is 10.1. The highest BCUT2D eigenvalue weighted by atomic mass is 16.5. The number of likely N-dealkylation sites (N-methyl/N-ethyl adjacent to an activating group) is 1. The van der Waals surface area contributed by atoms with Gasteiger partial charge in [-0.1, -0.05) is 5.16 Å². The highest BCUT2D eigenvalue weighted by Crippen LogP contribution is 2.21. The molecule has 1 atom stereocenters. The van der Waals surface area contributed by atoms with Crippen molar-refractivity contribution in [3.8, 4) is 0 Å². The molecule has 1 aliphatic heterocycles. The first-order valence-corrected chi connectivity index (χ1v) is 6.53. The molecule has 5 nitrogen and oxygen atoms in total. The summed E-state index contributed by atoms with van der Waals surface area (Å²) in [4.78, 5) is 2.18. The second-order valence-electron chi connectivity index (χ2n) is 5.00. The molecule has 19 heavy (non-hydrogen) atoms. The smallest absolute Gasteiger partial charge is 0.170 e. The summed E-state index contributed by atoms with van der Waals surface area (Å²) in [5, 5.41) is 11.8. The third-order valence-electron chi connectivity index (χ3n) is 3.54. The van der Waals surface area contributed by atoms with Crippen LogP contribution in [0.25, 0.3) is 0 Å². The molecule has 0 aromatic heterocycles. The summed E-state index contributed by atoms with van der Waals surface area (Å²) >= 11 is 0. The number of anilines is 1. The predicted molar refractivity (Wildman–Crippen MR) is 75.9 cm³/mol. The van der Waals surface area contributed by atoms with Gasteiger partial charge < -0.3 is 20.6 Å². The van der Waals surface area contributed by atoms with Gasteiger partial charge in [0.25, 0.3) is 0 Å². The Morgan fingerprint density at radius 2 is 2.37 bits per heavy atom. The van der Waals surface area contributed by atoms with E-state index in [0.29, 0.717) is 6.10 Å². The Labute approximate surface area is 113 Å². The van der Waals surface area contributed by atoms with Crippen LogP contribution in [0.2, 0.25) is 0 Å². The first-order valence-electron chi connectivity index (χ1n) is 6.53. The van der Waals surface area contributed by atoms with Crippen molar-refractivity contribution in [2.75, 3.05) is 25.1 Å². The van der Waals surface area contributed by atoms with Crippen LogP contribution in [0, 0.1) is 6.92 Å². The molecule has 1 aromatic rings. The van der Waals surface area contributed by atoms with E-state index in [1.807, 2.05) is 25.1 Å². The van der Waals surface area contributed by atoms with Crippen LogP contribution in [-0.4, -0.2) is 37.3 Å². The number of hydrogen-bond donors (Lipinski definition) is 2. The molecule has 0 saturated carbocycles. The Kier molecular flexibility index (Phi) is 4.27. The SMILES string of the molecule is Cc1cc(N(C)CC2CCCO2)ccc1/C(N)=N/O. The van der Waals surface area contributed by atoms with Gasteiger partial charge >= 0.3 is 0 Å². The van der Waals surface area contributed by atoms with E-state index >= 15 is 0 Å². The lowest BCUT2D eigenvalue weighted by Crippen LogP contribution is -2.28. The molecule has 0 radical (unpaired) electrons. The van der Waals surface area contributed by atoms with Gasteiger partial charge in [-0.05, 0) is 43.5 Å². The molecule has 1 aliphatic rings. The van der Waals surface area contributed by atoms with Crippen molar-refractivity contribution in [2.45, 2.75) is 25.9 Å². The van der Waals surface area contributed by atoms with Gasteiger partial charge in [0.2, 0.25) is 0 Å². The highest BCUT2D eigenvalue weighted by Gasteiger charge is 2.18. The van der Waals surface area contributed by atoms with Crippen LogP contribution in [0.4, 0.5) is 5.69 Å². The standard InChI is InChI=1S/C14H21N3O2/c1-10-8-11(5-6-13(10)14(15)16-18)17(2)9-12-4-3-7-19-12/h5-6,8,12,18H,3-4,7,9H2,1-2H3,(H2,15,16). The fourth-order valence-electron chi connectivity index (χ4n) is 2.43. The average Bonchev–Trinajstić information content (AvgIpc) is 2.90. The first-order chi connectivity index (χ1) is 9.11. The molecule has 1 heterocycles. The molecule has 5 heteroatoms. The minimum absolute atomic E-state index is 0.144. The summed E-state index contributed by atoms with van der Waals surface area (Å²) < 4.78 is 5.64. The van der Waals surface area contributed by atoms with E-state index in [-0.39, 0.29) is 5.84 Å². The number of benzene rings is 1. The zero-order valence-electron chi connectivity index (χ0n) is 11.5. The average molecular weight is 263 g/mol. The second-order valence-corrected chi connectivity index (χ2v) is 5.00. The Hall–Kier alpha value is -1.75. The second kappa shape index (κ2) is 5.93. The summed E-state index contributed by atoms with van der Waals surface area (Å²) in [5.41, 5.74) is 8.49. The normalized spacial score (nSPS) is 19.7. The molecule has 0 bridgehead atoms. The topological polar surface area (TPSA) is 71.1 Å². The molecule has 0 aliphatic carbocycles. The van der Waals surface area contributed by atoms with Gasteiger partial charge in [0.15, 0.2) is 5.84 Å². The zero-order valence-corrected chi connectivity index (χ0v) is 11.5.